The Morgan fingerprint density at radius 1 is 1.42 bits per heavy atom. The summed E-state index contributed by atoms with van der Waals surface area (Å²) in [5.74, 6) is 0.220. The Bertz CT molecular complexity index is 1120. The highest BCUT2D eigenvalue weighted by Crippen LogP contribution is 2.41. The molecule has 0 amide bonds. The molecule has 2 heterocycles. The molecule has 1 fully saturated rings. The van der Waals surface area contributed by atoms with E-state index in [4.69, 9.17) is 24.5 Å². The molecule has 12 heteroatoms. The van der Waals surface area contributed by atoms with Crippen molar-refractivity contribution in [3.63, 3.8) is 0 Å². The third kappa shape index (κ3) is 5.40. The standard InChI is InChI=1S/C21H24IN5O6/c1-12(2)31-18-13(3)10-27(20(29)24-18)17-9-16(21(11-22,33-17)25-26-23)32-19(28)14-5-7-15(30-4)8-6-14/h5-8,10,12,16-17H,9,11H2,1-4H3/t16-,17+,21+/m0/s1. The first-order valence-corrected chi connectivity index (χ1v) is 11.7. The van der Waals surface area contributed by atoms with Gasteiger partial charge in [0, 0.05) is 27.5 Å². The summed E-state index contributed by atoms with van der Waals surface area (Å²) < 4.78 is 23.9. The zero-order valence-corrected chi connectivity index (χ0v) is 20.8. The zero-order chi connectivity index (χ0) is 24.2. The van der Waals surface area contributed by atoms with Crippen LogP contribution in [0.3, 0.4) is 0 Å². The lowest BCUT2D eigenvalue weighted by Crippen LogP contribution is -2.41. The number of aryl methyl sites for hydroxylation is 1. The summed E-state index contributed by atoms with van der Waals surface area (Å²) in [6.07, 6.45) is -0.267. The number of rotatable bonds is 8. The lowest BCUT2D eigenvalue weighted by atomic mass is 10.1. The van der Waals surface area contributed by atoms with Gasteiger partial charge in [-0.05, 0) is 50.6 Å². The number of hydrogen-bond acceptors (Lipinski definition) is 8. The third-order valence-electron chi connectivity index (χ3n) is 4.99. The van der Waals surface area contributed by atoms with Crippen LogP contribution in [0.5, 0.6) is 11.6 Å². The number of nitrogens with zero attached hydrogens (tertiary/aromatic N) is 5. The molecule has 1 aliphatic rings. The Labute approximate surface area is 203 Å². The molecule has 0 radical (unpaired) electrons. The van der Waals surface area contributed by atoms with Crippen molar-refractivity contribution < 1.29 is 23.7 Å². The number of halogens is 1. The molecule has 0 N–H and O–H groups in total. The predicted molar refractivity (Wildman–Crippen MR) is 127 cm³/mol. The number of benzene rings is 1. The van der Waals surface area contributed by atoms with E-state index < -0.39 is 29.7 Å². The van der Waals surface area contributed by atoms with E-state index in [1.165, 1.54) is 11.7 Å². The fourth-order valence-electron chi connectivity index (χ4n) is 3.37. The van der Waals surface area contributed by atoms with Crippen molar-refractivity contribution in [3.8, 4) is 11.6 Å². The van der Waals surface area contributed by atoms with Gasteiger partial charge >= 0.3 is 11.7 Å². The maximum absolute atomic E-state index is 12.8. The van der Waals surface area contributed by atoms with Gasteiger partial charge in [0.05, 0.1) is 18.8 Å². The second kappa shape index (κ2) is 10.4. The van der Waals surface area contributed by atoms with Crippen LogP contribution in [0.1, 0.15) is 42.4 Å². The van der Waals surface area contributed by atoms with Crippen LogP contribution in [0.25, 0.3) is 10.4 Å². The average Bonchev–Trinajstić information content (AvgIpc) is 3.14. The average molecular weight is 569 g/mol. The number of carbonyl (C=O) groups excluding carboxylic acids is 1. The van der Waals surface area contributed by atoms with Crippen LogP contribution in [0.4, 0.5) is 0 Å². The topological polar surface area (TPSA) is 138 Å². The lowest BCUT2D eigenvalue weighted by molar-refractivity contribution is -0.0866. The second-order valence-electron chi connectivity index (χ2n) is 7.68. The number of carbonyl (C=O) groups is 1. The minimum absolute atomic E-state index is 0.0926. The number of esters is 1. The minimum atomic E-state index is -1.48. The highest BCUT2D eigenvalue weighted by atomic mass is 127. The molecule has 1 saturated heterocycles. The summed E-state index contributed by atoms with van der Waals surface area (Å²) >= 11 is 1.99. The number of ether oxygens (including phenoxy) is 4. The van der Waals surface area contributed by atoms with Crippen molar-refractivity contribution in [2.45, 2.75) is 51.4 Å². The molecular formula is C21H24IN5O6. The molecule has 1 aromatic heterocycles. The molecule has 1 aliphatic heterocycles. The van der Waals surface area contributed by atoms with Gasteiger partial charge in [0.15, 0.2) is 5.72 Å². The molecule has 1 aromatic carbocycles. The normalized spacial score (nSPS) is 22.0. The van der Waals surface area contributed by atoms with E-state index in [1.54, 1.807) is 37.4 Å². The summed E-state index contributed by atoms with van der Waals surface area (Å²) in [5, 5.41) is 3.81. The van der Waals surface area contributed by atoms with E-state index in [9.17, 15) is 9.59 Å². The number of aromatic nitrogens is 2. The molecule has 0 bridgehead atoms. The molecular weight excluding hydrogens is 545 g/mol. The van der Waals surface area contributed by atoms with E-state index in [2.05, 4.69) is 15.0 Å². The summed E-state index contributed by atoms with van der Waals surface area (Å²) in [6, 6.07) is 6.41. The molecule has 3 atom stereocenters. The largest absolute Gasteiger partial charge is 0.497 e. The van der Waals surface area contributed by atoms with Gasteiger partial charge in [0.25, 0.3) is 0 Å². The maximum atomic E-state index is 12.8. The molecule has 0 aliphatic carbocycles. The Kier molecular flexibility index (Phi) is 7.82. The first-order valence-electron chi connectivity index (χ1n) is 10.1. The van der Waals surface area contributed by atoms with Gasteiger partial charge in [0.2, 0.25) is 5.88 Å². The monoisotopic (exact) mass is 569 g/mol. The predicted octanol–water partition coefficient (Wildman–Crippen LogP) is 3.93. The summed E-state index contributed by atoms with van der Waals surface area (Å²) in [5.41, 5.74) is 8.01. The van der Waals surface area contributed by atoms with E-state index in [0.29, 0.717) is 16.9 Å². The van der Waals surface area contributed by atoms with Gasteiger partial charge in [-0.3, -0.25) is 4.57 Å². The fourth-order valence-corrected chi connectivity index (χ4v) is 4.19. The number of alkyl halides is 1. The Morgan fingerprint density at radius 3 is 2.70 bits per heavy atom. The lowest BCUT2D eigenvalue weighted by Gasteiger charge is -2.27. The van der Waals surface area contributed by atoms with Crippen molar-refractivity contribution >= 4 is 28.6 Å². The molecule has 0 saturated carbocycles. The SMILES string of the molecule is COc1ccc(C(=O)O[C@H]2C[C@H](n3cc(C)c(OC(C)C)nc3=O)O[C@@]2(CI)N=[N+]=[N-])cc1. The second-order valence-corrected chi connectivity index (χ2v) is 8.45. The molecule has 2 aromatic rings. The molecule has 176 valence electrons. The van der Waals surface area contributed by atoms with E-state index in [1.807, 2.05) is 36.4 Å². The third-order valence-corrected chi connectivity index (χ3v) is 6.08. The van der Waals surface area contributed by atoms with Crippen molar-refractivity contribution in [2.24, 2.45) is 5.11 Å². The quantitative estimate of drug-likeness (QED) is 0.117. The van der Waals surface area contributed by atoms with Crippen molar-refractivity contribution in [2.75, 3.05) is 11.5 Å². The number of hydrogen-bond donors (Lipinski definition) is 0. The van der Waals surface area contributed by atoms with E-state index in [-0.39, 0.29) is 22.8 Å². The fraction of sp³-hybridized carbons (Fsp3) is 0.476. The molecule has 33 heavy (non-hydrogen) atoms. The van der Waals surface area contributed by atoms with E-state index >= 15 is 0 Å². The van der Waals surface area contributed by atoms with Crippen LogP contribution < -0.4 is 15.2 Å². The maximum Gasteiger partial charge on any atom is 0.352 e. The van der Waals surface area contributed by atoms with Crippen LogP contribution in [0.2, 0.25) is 0 Å². The van der Waals surface area contributed by atoms with E-state index in [0.717, 1.165) is 0 Å². The minimum Gasteiger partial charge on any atom is -0.497 e. The smallest absolute Gasteiger partial charge is 0.352 e. The van der Waals surface area contributed by atoms with Crippen LogP contribution in [-0.4, -0.2) is 45.0 Å². The first kappa shape index (κ1) is 24.8. The Balaban J connectivity index is 1.90. The van der Waals surface area contributed by atoms with Crippen molar-refractivity contribution in [1.29, 1.82) is 0 Å². The summed E-state index contributed by atoms with van der Waals surface area (Å²) in [7, 11) is 1.53. The number of azide groups is 1. The highest BCUT2D eigenvalue weighted by molar-refractivity contribution is 14.1. The van der Waals surface area contributed by atoms with Crippen LogP contribution in [-0.2, 0) is 9.47 Å². The molecule has 3 rings (SSSR count). The van der Waals surface area contributed by atoms with Gasteiger partial charge in [-0.25, -0.2) is 9.59 Å². The Morgan fingerprint density at radius 2 is 2.12 bits per heavy atom. The summed E-state index contributed by atoms with van der Waals surface area (Å²) in [6.45, 7) is 5.43. The first-order chi connectivity index (χ1) is 15.7. The van der Waals surface area contributed by atoms with Crippen LogP contribution in [0.15, 0.2) is 40.4 Å². The highest BCUT2D eigenvalue weighted by Gasteiger charge is 2.51. The zero-order valence-electron chi connectivity index (χ0n) is 18.6. The van der Waals surface area contributed by atoms with Crippen LogP contribution >= 0.6 is 22.6 Å². The van der Waals surface area contributed by atoms with Gasteiger partial charge in [-0.1, -0.05) is 27.7 Å². The molecule has 0 unspecified atom stereocenters. The van der Waals surface area contributed by atoms with Gasteiger partial charge in [-0.15, -0.1) is 0 Å². The van der Waals surface area contributed by atoms with Gasteiger partial charge < -0.3 is 18.9 Å². The van der Waals surface area contributed by atoms with Gasteiger partial charge in [-0.2, -0.15) is 4.98 Å². The van der Waals surface area contributed by atoms with Crippen LogP contribution in [0, 0.1) is 6.92 Å². The van der Waals surface area contributed by atoms with Crippen molar-refractivity contribution in [3.05, 3.63) is 62.5 Å². The molecule has 0 spiro atoms. The molecule has 11 nitrogen and oxygen atoms in total. The van der Waals surface area contributed by atoms with Crippen molar-refractivity contribution in [1.82, 2.24) is 9.55 Å². The number of methoxy groups -OCH3 is 1. The summed E-state index contributed by atoms with van der Waals surface area (Å²) in [4.78, 5) is 32.4. The Hall–Kier alpha value is -2.83. The van der Waals surface area contributed by atoms with Gasteiger partial charge in [0.1, 0.15) is 18.1 Å².